The Kier molecular flexibility index (Phi) is 6.84. The van der Waals surface area contributed by atoms with E-state index in [-0.39, 0.29) is 35.6 Å². The van der Waals surface area contributed by atoms with Gasteiger partial charge in [-0.3, -0.25) is 14.4 Å². The fourth-order valence-electron chi connectivity index (χ4n) is 6.40. The van der Waals surface area contributed by atoms with Crippen LogP contribution in [0.5, 0.6) is 0 Å². The molecule has 0 aromatic heterocycles. The molecule has 2 bridgehead atoms. The highest BCUT2D eigenvalue weighted by atomic mass is 32.2. The highest BCUT2D eigenvalue weighted by molar-refractivity contribution is 8.02. The van der Waals surface area contributed by atoms with Crippen molar-refractivity contribution in [1.29, 1.82) is 0 Å². The molecule has 3 aliphatic rings. The van der Waals surface area contributed by atoms with Crippen LogP contribution in [0.2, 0.25) is 0 Å². The summed E-state index contributed by atoms with van der Waals surface area (Å²) in [5.74, 6) is -3.09. The van der Waals surface area contributed by atoms with E-state index in [0.29, 0.717) is 19.4 Å². The molecule has 34 heavy (non-hydrogen) atoms. The summed E-state index contributed by atoms with van der Waals surface area (Å²) in [7, 11) is 0. The van der Waals surface area contributed by atoms with Gasteiger partial charge in [0.25, 0.3) is 0 Å². The summed E-state index contributed by atoms with van der Waals surface area (Å²) < 4.78 is -0.819. The van der Waals surface area contributed by atoms with Crippen LogP contribution in [0, 0.1) is 17.8 Å². The molecule has 1 aromatic carbocycles. The van der Waals surface area contributed by atoms with Crippen molar-refractivity contribution in [1.82, 2.24) is 9.80 Å². The van der Waals surface area contributed by atoms with Gasteiger partial charge in [-0.15, -0.1) is 18.3 Å². The van der Waals surface area contributed by atoms with Crippen molar-refractivity contribution in [3.8, 4) is 0 Å². The number of likely N-dealkylation sites (tertiary alicyclic amines) is 1. The number of benzene rings is 1. The minimum absolute atomic E-state index is 0.000175. The number of aliphatic hydroxyl groups excluding tert-OH is 1. The van der Waals surface area contributed by atoms with Crippen molar-refractivity contribution in [3.05, 3.63) is 48.6 Å². The highest BCUT2D eigenvalue weighted by Crippen LogP contribution is 2.69. The first-order chi connectivity index (χ1) is 16.2. The zero-order chi connectivity index (χ0) is 24.8. The van der Waals surface area contributed by atoms with Gasteiger partial charge in [-0.05, 0) is 38.2 Å². The number of aliphatic hydroxyl groups is 1. The molecule has 3 fully saturated rings. The molecule has 3 heterocycles. The predicted molar refractivity (Wildman–Crippen MR) is 131 cm³/mol. The maximum atomic E-state index is 14.2. The van der Waals surface area contributed by atoms with Crippen LogP contribution in [0.4, 0.5) is 0 Å². The van der Waals surface area contributed by atoms with Crippen LogP contribution in [-0.2, 0) is 20.8 Å². The van der Waals surface area contributed by atoms with Gasteiger partial charge in [-0.25, -0.2) is 0 Å². The number of hydrogen-bond donors (Lipinski definition) is 2. The number of carboxylic acids is 1. The molecular formula is C26H34N2O5S. The van der Waals surface area contributed by atoms with Gasteiger partial charge in [0.1, 0.15) is 6.04 Å². The van der Waals surface area contributed by atoms with Crippen molar-refractivity contribution < 1.29 is 24.6 Å². The fraction of sp³-hybridized carbons (Fsp3) is 0.577. The van der Waals surface area contributed by atoms with Crippen molar-refractivity contribution in [2.75, 3.05) is 13.2 Å². The molecule has 0 radical (unpaired) electrons. The van der Waals surface area contributed by atoms with Crippen molar-refractivity contribution >= 4 is 29.5 Å². The fourth-order valence-corrected chi connectivity index (χ4v) is 8.80. The largest absolute Gasteiger partial charge is 0.481 e. The van der Waals surface area contributed by atoms with E-state index >= 15 is 0 Å². The first-order valence-electron chi connectivity index (χ1n) is 12.0. The SMILES string of the molecule is C=CCN(C(=O)C1N([C@@H](CO)Cc2ccccc2)C(=O)[C@@H]2[C@H](C(=O)O)[C@@H]3CC(C)C12S3)C(C)C. The molecule has 8 heteroatoms. The normalized spacial score (nSPS) is 32.7. The smallest absolute Gasteiger partial charge is 0.308 e. The molecule has 2 amide bonds. The van der Waals surface area contributed by atoms with Gasteiger partial charge in [0.15, 0.2) is 0 Å². The van der Waals surface area contributed by atoms with E-state index in [1.807, 2.05) is 51.1 Å². The first-order valence-corrected chi connectivity index (χ1v) is 12.9. The maximum absolute atomic E-state index is 14.2. The lowest BCUT2D eigenvalue weighted by Gasteiger charge is -2.42. The molecule has 2 N–H and O–H groups in total. The molecule has 7 nitrogen and oxygen atoms in total. The van der Waals surface area contributed by atoms with Crippen LogP contribution in [0.3, 0.4) is 0 Å². The molecule has 3 saturated heterocycles. The number of amides is 2. The minimum Gasteiger partial charge on any atom is -0.481 e. The van der Waals surface area contributed by atoms with Crippen molar-refractivity contribution in [3.63, 3.8) is 0 Å². The number of nitrogens with zero attached hydrogens (tertiary/aromatic N) is 2. The number of hydrogen-bond acceptors (Lipinski definition) is 5. The van der Waals surface area contributed by atoms with Gasteiger partial charge in [-0.2, -0.15) is 0 Å². The first kappa shape index (κ1) is 24.8. The number of rotatable bonds is 9. The molecule has 7 atom stereocenters. The van der Waals surface area contributed by atoms with Crippen LogP contribution < -0.4 is 0 Å². The molecule has 0 saturated carbocycles. The second kappa shape index (κ2) is 9.38. The number of fused-ring (bicyclic) bond motifs is 1. The van der Waals surface area contributed by atoms with Gasteiger partial charge in [0.05, 0.1) is 29.2 Å². The Bertz CT molecular complexity index is 969. The Balaban J connectivity index is 1.83. The monoisotopic (exact) mass is 486 g/mol. The van der Waals surface area contributed by atoms with E-state index < -0.39 is 34.6 Å². The lowest BCUT2D eigenvalue weighted by molar-refractivity contribution is -0.150. The zero-order valence-corrected chi connectivity index (χ0v) is 20.8. The molecule has 184 valence electrons. The van der Waals surface area contributed by atoms with Crippen LogP contribution in [-0.4, -0.2) is 79.1 Å². The number of carboxylic acid groups (broad SMARTS) is 1. The Labute approximate surface area is 205 Å². The molecule has 1 spiro atoms. The molecule has 4 rings (SSSR count). The summed E-state index contributed by atoms with van der Waals surface area (Å²) in [5, 5.41) is 20.3. The number of carbonyl (C=O) groups excluding carboxylic acids is 2. The zero-order valence-electron chi connectivity index (χ0n) is 20.0. The Morgan fingerprint density at radius 1 is 1.32 bits per heavy atom. The average molecular weight is 487 g/mol. The van der Waals surface area contributed by atoms with Crippen LogP contribution in [0.1, 0.15) is 32.8 Å². The van der Waals surface area contributed by atoms with Crippen LogP contribution >= 0.6 is 11.8 Å². The molecule has 3 unspecified atom stereocenters. The van der Waals surface area contributed by atoms with Crippen molar-refractivity contribution in [2.24, 2.45) is 17.8 Å². The van der Waals surface area contributed by atoms with Gasteiger partial charge >= 0.3 is 5.97 Å². The van der Waals surface area contributed by atoms with E-state index in [2.05, 4.69) is 6.58 Å². The van der Waals surface area contributed by atoms with E-state index in [1.165, 1.54) is 11.8 Å². The number of carbonyl (C=O) groups is 3. The lowest BCUT2D eigenvalue weighted by Crippen LogP contribution is -2.60. The third kappa shape index (κ3) is 3.66. The van der Waals surface area contributed by atoms with Crippen LogP contribution in [0.25, 0.3) is 0 Å². The average Bonchev–Trinajstić information content (AvgIpc) is 3.39. The number of aliphatic carboxylic acids is 1. The van der Waals surface area contributed by atoms with E-state index in [9.17, 15) is 24.6 Å². The second-order valence-electron chi connectivity index (χ2n) is 10.0. The summed E-state index contributed by atoms with van der Waals surface area (Å²) in [6.07, 6.45) is 2.72. The minimum atomic E-state index is -0.979. The van der Waals surface area contributed by atoms with Gasteiger partial charge in [-0.1, -0.05) is 43.3 Å². The van der Waals surface area contributed by atoms with Gasteiger partial charge < -0.3 is 20.0 Å². The summed E-state index contributed by atoms with van der Waals surface area (Å²) in [4.78, 5) is 43.8. The summed E-state index contributed by atoms with van der Waals surface area (Å²) in [6.45, 7) is 9.71. The quantitative estimate of drug-likeness (QED) is 0.521. The van der Waals surface area contributed by atoms with Crippen LogP contribution in [0.15, 0.2) is 43.0 Å². The van der Waals surface area contributed by atoms with E-state index in [1.54, 1.807) is 15.9 Å². The van der Waals surface area contributed by atoms with E-state index in [4.69, 9.17) is 0 Å². The molecular weight excluding hydrogens is 452 g/mol. The highest BCUT2D eigenvalue weighted by Gasteiger charge is 2.77. The molecule has 0 aliphatic carbocycles. The molecule has 1 aromatic rings. The Hall–Kier alpha value is -2.32. The predicted octanol–water partition coefficient (Wildman–Crippen LogP) is 2.43. The van der Waals surface area contributed by atoms with Gasteiger partial charge in [0.2, 0.25) is 11.8 Å². The van der Waals surface area contributed by atoms with Gasteiger partial charge in [0, 0.05) is 17.8 Å². The third-order valence-corrected chi connectivity index (χ3v) is 9.93. The topological polar surface area (TPSA) is 98.2 Å². The Morgan fingerprint density at radius 2 is 2.00 bits per heavy atom. The number of thioether (sulfide) groups is 1. The van der Waals surface area contributed by atoms with E-state index in [0.717, 1.165) is 5.56 Å². The second-order valence-corrected chi connectivity index (χ2v) is 11.6. The lowest BCUT2D eigenvalue weighted by atomic mass is 9.66. The summed E-state index contributed by atoms with van der Waals surface area (Å²) in [5.41, 5.74) is 0.946. The summed E-state index contributed by atoms with van der Waals surface area (Å²) >= 11 is 1.52. The summed E-state index contributed by atoms with van der Waals surface area (Å²) in [6, 6.07) is 7.99. The standard InChI is InChI=1S/C26H34N2O5S/c1-5-11-27(15(2)3)24(31)22-26-16(4)12-19(34-26)20(25(32)33)21(26)23(30)28(22)18(14-29)13-17-9-7-6-8-10-17/h5-10,15-16,18-22,29H,1,11-14H2,2-4H3,(H,32,33)/t16?,18-,19+,20-,21+,22?,26?/m1/s1. The Morgan fingerprint density at radius 3 is 2.56 bits per heavy atom. The third-order valence-electron chi connectivity index (χ3n) is 7.85. The van der Waals surface area contributed by atoms with Crippen molar-refractivity contribution in [2.45, 2.75) is 61.7 Å². The maximum Gasteiger partial charge on any atom is 0.308 e. The molecule has 3 aliphatic heterocycles.